The number of hydrogen-bond donors (Lipinski definition) is 2. The zero-order valence-corrected chi connectivity index (χ0v) is 12.4. The van der Waals surface area contributed by atoms with Crippen molar-refractivity contribution in [3.05, 3.63) is 22.1 Å². The second-order valence-electron chi connectivity index (χ2n) is 4.61. The van der Waals surface area contributed by atoms with Crippen LogP contribution in [0.3, 0.4) is 0 Å². The van der Waals surface area contributed by atoms with E-state index in [-0.39, 0.29) is 17.6 Å². The molecule has 5 nitrogen and oxygen atoms in total. The Kier molecular flexibility index (Phi) is 6.60. The van der Waals surface area contributed by atoms with E-state index in [2.05, 4.69) is 21.4 Å². The number of thioether (sulfide) groups is 1. The fraction of sp³-hybridized carbons (Fsp3) is 0.615. The van der Waals surface area contributed by atoms with Crippen LogP contribution < -0.4 is 10.9 Å². The largest absolute Gasteiger partial charge is 0.301 e. The molecule has 0 aliphatic heterocycles. The highest BCUT2D eigenvalue weighted by Gasteiger charge is 2.10. The number of aromatic amines is 1. The highest BCUT2D eigenvalue weighted by atomic mass is 32.2. The summed E-state index contributed by atoms with van der Waals surface area (Å²) in [7, 11) is 0. The number of hydrogen-bond acceptors (Lipinski definition) is 5. The standard InChI is InChI=1S/C13H20N4OS/c1-4-5-10-6-12(18)17-13(16-10)19-8-11(7-14)15-9(2)3/h6,9,11,15H,4-5,8H2,1-3H3,(H,16,17,18). The molecule has 0 aliphatic rings. The summed E-state index contributed by atoms with van der Waals surface area (Å²) < 4.78 is 0. The van der Waals surface area contributed by atoms with E-state index in [0.29, 0.717) is 10.9 Å². The van der Waals surface area contributed by atoms with Crippen molar-refractivity contribution in [2.45, 2.75) is 50.9 Å². The van der Waals surface area contributed by atoms with Gasteiger partial charge in [0.2, 0.25) is 0 Å². The van der Waals surface area contributed by atoms with E-state index in [1.54, 1.807) is 0 Å². The van der Waals surface area contributed by atoms with Gasteiger partial charge in [-0.05, 0) is 20.3 Å². The van der Waals surface area contributed by atoms with Gasteiger partial charge < -0.3 is 4.98 Å². The molecule has 104 valence electrons. The summed E-state index contributed by atoms with van der Waals surface area (Å²) >= 11 is 1.40. The van der Waals surface area contributed by atoms with E-state index in [1.165, 1.54) is 17.8 Å². The Hall–Kier alpha value is -1.32. The van der Waals surface area contributed by atoms with Crippen LogP contribution in [-0.2, 0) is 6.42 Å². The molecule has 1 heterocycles. The molecule has 19 heavy (non-hydrogen) atoms. The van der Waals surface area contributed by atoms with Gasteiger partial charge in [-0.25, -0.2) is 4.98 Å². The quantitative estimate of drug-likeness (QED) is 0.587. The third-order valence-electron chi connectivity index (χ3n) is 2.36. The minimum atomic E-state index is -0.245. The number of nitrogens with zero attached hydrogens (tertiary/aromatic N) is 2. The SMILES string of the molecule is CCCc1cc(=O)[nH]c(SCC(C#N)NC(C)C)n1. The van der Waals surface area contributed by atoms with Gasteiger partial charge in [0.25, 0.3) is 5.56 Å². The third kappa shape index (κ3) is 5.90. The monoisotopic (exact) mass is 280 g/mol. The normalized spacial score (nSPS) is 12.4. The second-order valence-corrected chi connectivity index (χ2v) is 5.61. The molecular weight excluding hydrogens is 260 g/mol. The lowest BCUT2D eigenvalue weighted by atomic mass is 10.2. The van der Waals surface area contributed by atoms with Gasteiger partial charge in [-0.15, -0.1) is 0 Å². The minimum absolute atomic E-state index is 0.133. The first-order chi connectivity index (χ1) is 9.05. The zero-order valence-electron chi connectivity index (χ0n) is 11.6. The second kappa shape index (κ2) is 7.97. The average Bonchev–Trinajstić information content (AvgIpc) is 2.33. The van der Waals surface area contributed by atoms with Crippen LogP contribution >= 0.6 is 11.8 Å². The van der Waals surface area contributed by atoms with Crippen molar-refractivity contribution in [1.82, 2.24) is 15.3 Å². The third-order valence-corrected chi connectivity index (χ3v) is 3.32. The summed E-state index contributed by atoms with van der Waals surface area (Å²) in [4.78, 5) is 18.6. The van der Waals surface area contributed by atoms with Crippen LogP contribution in [0.15, 0.2) is 16.0 Å². The lowest BCUT2D eigenvalue weighted by molar-refractivity contribution is 0.560. The lowest BCUT2D eigenvalue weighted by Gasteiger charge is -2.13. The molecular formula is C13H20N4OS. The van der Waals surface area contributed by atoms with Crippen molar-refractivity contribution in [2.24, 2.45) is 0 Å². The van der Waals surface area contributed by atoms with Crippen LogP contribution in [0, 0.1) is 11.3 Å². The first-order valence-electron chi connectivity index (χ1n) is 6.43. The molecule has 0 spiro atoms. The van der Waals surface area contributed by atoms with Crippen LogP contribution in [0.1, 0.15) is 32.9 Å². The molecule has 0 aliphatic carbocycles. The van der Waals surface area contributed by atoms with Crippen LogP contribution in [0.5, 0.6) is 0 Å². The summed E-state index contributed by atoms with van der Waals surface area (Å²) in [5.74, 6) is 0.563. The summed E-state index contributed by atoms with van der Waals surface area (Å²) in [6, 6.07) is 3.74. The highest BCUT2D eigenvalue weighted by molar-refractivity contribution is 7.99. The van der Waals surface area contributed by atoms with Gasteiger partial charge in [-0.1, -0.05) is 25.1 Å². The smallest absolute Gasteiger partial charge is 0.251 e. The fourth-order valence-corrected chi connectivity index (χ4v) is 2.47. The van der Waals surface area contributed by atoms with Gasteiger partial charge in [0.05, 0.1) is 6.07 Å². The molecule has 0 radical (unpaired) electrons. The van der Waals surface area contributed by atoms with Crippen LogP contribution in [0.4, 0.5) is 0 Å². The molecule has 6 heteroatoms. The topological polar surface area (TPSA) is 81.6 Å². The predicted molar refractivity (Wildman–Crippen MR) is 77.2 cm³/mol. The molecule has 1 rings (SSSR count). The Morgan fingerprint density at radius 3 is 2.89 bits per heavy atom. The molecule has 0 saturated heterocycles. The number of rotatable bonds is 7. The van der Waals surface area contributed by atoms with E-state index in [0.717, 1.165) is 18.5 Å². The molecule has 0 aromatic carbocycles. The van der Waals surface area contributed by atoms with Crippen molar-refractivity contribution < 1.29 is 0 Å². The van der Waals surface area contributed by atoms with E-state index in [1.807, 2.05) is 20.8 Å². The lowest BCUT2D eigenvalue weighted by Crippen LogP contribution is -2.35. The highest BCUT2D eigenvalue weighted by Crippen LogP contribution is 2.13. The first-order valence-corrected chi connectivity index (χ1v) is 7.42. The molecule has 1 unspecified atom stereocenters. The van der Waals surface area contributed by atoms with Gasteiger partial charge in [0.1, 0.15) is 6.04 Å². The molecule has 1 atom stereocenters. The molecule has 0 fully saturated rings. The number of nitriles is 1. The summed E-state index contributed by atoms with van der Waals surface area (Å²) in [5.41, 5.74) is 0.672. The number of aromatic nitrogens is 2. The van der Waals surface area contributed by atoms with Crippen molar-refractivity contribution in [2.75, 3.05) is 5.75 Å². The maximum Gasteiger partial charge on any atom is 0.251 e. The van der Waals surface area contributed by atoms with Crippen LogP contribution in [-0.4, -0.2) is 27.8 Å². The van der Waals surface area contributed by atoms with Crippen molar-refractivity contribution in [1.29, 1.82) is 5.26 Å². The van der Waals surface area contributed by atoms with Gasteiger partial charge >= 0.3 is 0 Å². The number of H-pyrrole nitrogens is 1. The van der Waals surface area contributed by atoms with Crippen molar-refractivity contribution in [3.8, 4) is 6.07 Å². The number of nitrogens with one attached hydrogen (secondary N) is 2. The molecule has 0 bridgehead atoms. The molecule has 1 aromatic rings. The first kappa shape index (κ1) is 15.7. The summed E-state index contributed by atoms with van der Waals surface area (Å²) in [6.45, 7) is 6.04. The average molecular weight is 280 g/mol. The Morgan fingerprint density at radius 2 is 2.32 bits per heavy atom. The maximum absolute atomic E-state index is 11.5. The van der Waals surface area contributed by atoms with E-state index < -0.39 is 0 Å². The molecule has 0 amide bonds. The maximum atomic E-state index is 11.5. The van der Waals surface area contributed by atoms with Gasteiger partial charge in [0.15, 0.2) is 5.16 Å². The molecule has 1 aromatic heterocycles. The Labute approximate surface area is 117 Å². The van der Waals surface area contributed by atoms with Crippen LogP contribution in [0.25, 0.3) is 0 Å². The van der Waals surface area contributed by atoms with Crippen molar-refractivity contribution >= 4 is 11.8 Å². The zero-order chi connectivity index (χ0) is 14.3. The number of aryl methyl sites for hydroxylation is 1. The predicted octanol–water partition coefficient (Wildman–Crippen LogP) is 1.70. The van der Waals surface area contributed by atoms with Gasteiger partial charge in [-0.2, -0.15) is 5.26 Å². The van der Waals surface area contributed by atoms with E-state index in [9.17, 15) is 4.79 Å². The van der Waals surface area contributed by atoms with E-state index in [4.69, 9.17) is 5.26 Å². The van der Waals surface area contributed by atoms with Gasteiger partial charge in [0, 0.05) is 23.6 Å². The van der Waals surface area contributed by atoms with E-state index >= 15 is 0 Å². The Balaban J connectivity index is 2.66. The Bertz CT molecular complexity index is 492. The molecule has 0 saturated carbocycles. The fourth-order valence-electron chi connectivity index (χ4n) is 1.62. The minimum Gasteiger partial charge on any atom is -0.301 e. The Morgan fingerprint density at radius 1 is 1.58 bits per heavy atom. The summed E-state index contributed by atoms with van der Waals surface area (Å²) in [6.07, 6.45) is 1.75. The molecule has 2 N–H and O–H groups in total. The van der Waals surface area contributed by atoms with Crippen molar-refractivity contribution in [3.63, 3.8) is 0 Å². The van der Waals surface area contributed by atoms with Gasteiger partial charge in [-0.3, -0.25) is 10.1 Å². The van der Waals surface area contributed by atoms with Crippen LogP contribution in [0.2, 0.25) is 0 Å². The summed E-state index contributed by atoms with van der Waals surface area (Å²) in [5, 5.41) is 12.8.